The molecule has 1 fully saturated rings. The number of piperazine rings is 1. The zero-order chi connectivity index (χ0) is 18.8. The van der Waals surface area contributed by atoms with Crippen molar-refractivity contribution in [2.45, 2.75) is 13.5 Å². The summed E-state index contributed by atoms with van der Waals surface area (Å²) >= 11 is 0. The average molecular weight is 402 g/mol. The molecule has 1 aliphatic heterocycles. The van der Waals surface area contributed by atoms with E-state index in [1.165, 1.54) is 11.6 Å². The lowest BCUT2D eigenvalue weighted by Crippen LogP contribution is -2.46. The van der Waals surface area contributed by atoms with E-state index in [1.807, 2.05) is 36.0 Å². The van der Waals surface area contributed by atoms with E-state index < -0.39 is 0 Å². The summed E-state index contributed by atoms with van der Waals surface area (Å²) in [5.74, 6) is 0.650. The molecule has 2 aromatic heterocycles. The van der Waals surface area contributed by atoms with Crippen LogP contribution in [0.1, 0.15) is 11.3 Å². The first-order chi connectivity index (χ1) is 13.1. The van der Waals surface area contributed by atoms with E-state index >= 15 is 0 Å². The van der Waals surface area contributed by atoms with Gasteiger partial charge >= 0.3 is 0 Å². The second-order valence-corrected chi connectivity index (χ2v) is 7.03. The summed E-state index contributed by atoms with van der Waals surface area (Å²) in [6.07, 6.45) is 3.88. The predicted molar refractivity (Wildman–Crippen MR) is 112 cm³/mol. The highest BCUT2D eigenvalue weighted by molar-refractivity contribution is 5.85. The molecular weight excluding hydrogens is 377 g/mol. The van der Waals surface area contributed by atoms with Gasteiger partial charge in [-0.25, -0.2) is 9.37 Å². The largest absolute Gasteiger partial charge is 0.354 e. The predicted octanol–water partition coefficient (Wildman–Crippen LogP) is 3.67. The number of nitrogens with zero attached hydrogens (tertiary/aromatic N) is 5. The van der Waals surface area contributed by atoms with Crippen LogP contribution in [-0.2, 0) is 13.6 Å². The van der Waals surface area contributed by atoms with E-state index in [0.717, 1.165) is 49.8 Å². The lowest BCUT2D eigenvalue weighted by atomic mass is 10.1. The molecule has 0 spiro atoms. The number of hydrogen-bond acceptors (Lipinski definition) is 4. The lowest BCUT2D eigenvalue weighted by molar-refractivity contribution is 0.249. The molecule has 1 aliphatic rings. The van der Waals surface area contributed by atoms with Crippen LogP contribution in [-0.4, -0.2) is 45.8 Å². The maximum Gasteiger partial charge on any atom is 0.136 e. The van der Waals surface area contributed by atoms with E-state index in [0.29, 0.717) is 5.56 Å². The molecule has 3 heterocycles. The van der Waals surface area contributed by atoms with Crippen molar-refractivity contribution in [1.82, 2.24) is 19.7 Å². The van der Waals surface area contributed by atoms with Gasteiger partial charge in [-0.15, -0.1) is 12.4 Å². The summed E-state index contributed by atoms with van der Waals surface area (Å²) in [5.41, 5.74) is 3.82. The molecule has 0 unspecified atom stereocenters. The summed E-state index contributed by atoms with van der Waals surface area (Å²) in [6.45, 7) is 6.61. The molecule has 0 N–H and O–H groups in total. The molecule has 28 heavy (non-hydrogen) atoms. The summed E-state index contributed by atoms with van der Waals surface area (Å²) in [5, 5.41) is 4.43. The molecule has 0 aliphatic carbocycles. The van der Waals surface area contributed by atoms with Crippen LogP contribution >= 0.6 is 12.4 Å². The molecule has 0 bridgehead atoms. The molecule has 0 saturated carbocycles. The number of pyridine rings is 1. The fourth-order valence-electron chi connectivity index (χ4n) is 3.70. The smallest absolute Gasteiger partial charge is 0.136 e. The minimum Gasteiger partial charge on any atom is -0.354 e. The van der Waals surface area contributed by atoms with Gasteiger partial charge in [0.1, 0.15) is 11.6 Å². The van der Waals surface area contributed by atoms with Crippen molar-refractivity contribution in [3.63, 3.8) is 0 Å². The van der Waals surface area contributed by atoms with Crippen LogP contribution in [0, 0.1) is 12.7 Å². The van der Waals surface area contributed by atoms with Gasteiger partial charge in [0, 0.05) is 68.9 Å². The molecule has 1 saturated heterocycles. The normalized spacial score (nSPS) is 14.8. The molecule has 5 nitrogen and oxygen atoms in total. The number of aromatic nitrogens is 3. The monoisotopic (exact) mass is 401 g/mol. The number of halogens is 2. The van der Waals surface area contributed by atoms with Crippen molar-refractivity contribution < 1.29 is 4.39 Å². The van der Waals surface area contributed by atoms with Crippen molar-refractivity contribution in [3.8, 4) is 11.1 Å². The van der Waals surface area contributed by atoms with Gasteiger partial charge in [-0.3, -0.25) is 9.58 Å². The highest BCUT2D eigenvalue weighted by atomic mass is 35.5. The molecule has 1 aromatic carbocycles. The summed E-state index contributed by atoms with van der Waals surface area (Å²) < 4.78 is 16.2. The first kappa shape index (κ1) is 20.3. The van der Waals surface area contributed by atoms with Gasteiger partial charge in [-0.2, -0.15) is 5.10 Å². The Labute approximate surface area is 171 Å². The second-order valence-electron chi connectivity index (χ2n) is 7.03. The van der Waals surface area contributed by atoms with Crippen molar-refractivity contribution >= 4 is 18.2 Å². The lowest BCUT2D eigenvalue weighted by Gasteiger charge is -2.36. The third kappa shape index (κ3) is 4.18. The second kappa shape index (κ2) is 8.71. The highest BCUT2D eigenvalue weighted by Gasteiger charge is 2.22. The molecular formula is C21H25ClFN5. The van der Waals surface area contributed by atoms with E-state index in [1.54, 1.807) is 12.3 Å². The number of anilines is 1. The third-order valence-corrected chi connectivity index (χ3v) is 5.13. The van der Waals surface area contributed by atoms with Gasteiger partial charge in [-0.05, 0) is 25.1 Å². The van der Waals surface area contributed by atoms with Crippen molar-refractivity contribution in [2.75, 3.05) is 31.1 Å². The molecule has 148 valence electrons. The van der Waals surface area contributed by atoms with Gasteiger partial charge in [0.15, 0.2) is 0 Å². The van der Waals surface area contributed by atoms with Gasteiger partial charge in [0.05, 0.1) is 5.69 Å². The van der Waals surface area contributed by atoms with E-state index in [2.05, 4.69) is 33.0 Å². The Bertz CT molecular complexity index is 934. The van der Waals surface area contributed by atoms with Crippen LogP contribution in [0.5, 0.6) is 0 Å². The van der Waals surface area contributed by atoms with Crippen LogP contribution in [0.2, 0.25) is 0 Å². The fourth-order valence-corrected chi connectivity index (χ4v) is 3.70. The minimum atomic E-state index is -0.211. The Balaban J connectivity index is 0.00000225. The molecule has 0 atom stereocenters. The van der Waals surface area contributed by atoms with Gasteiger partial charge in [0.2, 0.25) is 0 Å². The van der Waals surface area contributed by atoms with Crippen molar-refractivity contribution in [3.05, 3.63) is 65.9 Å². The van der Waals surface area contributed by atoms with Crippen LogP contribution in [0.3, 0.4) is 0 Å². The summed E-state index contributed by atoms with van der Waals surface area (Å²) in [6, 6.07) is 10.7. The highest BCUT2D eigenvalue weighted by Crippen LogP contribution is 2.31. The summed E-state index contributed by atoms with van der Waals surface area (Å²) in [4.78, 5) is 9.27. The first-order valence-corrected chi connectivity index (χ1v) is 9.28. The number of aryl methyl sites for hydroxylation is 2. The van der Waals surface area contributed by atoms with Crippen LogP contribution in [0.4, 0.5) is 10.2 Å². The van der Waals surface area contributed by atoms with Crippen molar-refractivity contribution in [1.29, 1.82) is 0 Å². The zero-order valence-electron chi connectivity index (χ0n) is 16.2. The minimum absolute atomic E-state index is 0. The Hall–Kier alpha value is -2.44. The SMILES string of the molecule is Cc1nn(C)cc1CN1CCN(c2ncccc2-c2ccccc2F)CC1.Cl. The van der Waals surface area contributed by atoms with Crippen LogP contribution in [0.25, 0.3) is 11.1 Å². The number of rotatable bonds is 4. The average Bonchev–Trinajstić information content (AvgIpc) is 3.00. The maximum atomic E-state index is 14.3. The number of benzene rings is 1. The molecule has 3 aromatic rings. The van der Waals surface area contributed by atoms with Gasteiger partial charge in [0.25, 0.3) is 0 Å². The fraction of sp³-hybridized carbons (Fsp3) is 0.333. The number of hydrogen-bond donors (Lipinski definition) is 0. The van der Waals surface area contributed by atoms with E-state index in [-0.39, 0.29) is 18.2 Å². The van der Waals surface area contributed by atoms with Crippen LogP contribution < -0.4 is 4.90 Å². The van der Waals surface area contributed by atoms with Gasteiger partial charge < -0.3 is 4.90 Å². The standard InChI is InChI=1S/C21H24FN5.ClH/c1-16-17(14-25(2)24-16)15-26-10-12-27(13-11-26)21-19(7-5-9-23-21)18-6-3-4-8-20(18)22;/h3-9,14H,10-13,15H2,1-2H3;1H. The summed E-state index contributed by atoms with van der Waals surface area (Å²) in [7, 11) is 1.96. The van der Waals surface area contributed by atoms with Crippen molar-refractivity contribution in [2.24, 2.45) is 7.05 Å². The van der Waals surface area contributed by atoms with Gasteiger partial charge in [-0.1, -0.05) is 18.2 Å². The molecule has 0 radical (unpaired) electrons. The molecule has 4 rings (SSSR count). The Morgan fingerprint density at radius 1 is 1.00 bits per heavy atom. The Morgan fingerprint density at radius 2 is 1.71 bits per heavy atom. The first-order valence-electron chi connectivity index (χ1n) is 9.28. The Kier molecular flexibility index (Phi) is 6.31. The third-order valence-electron chi connectivity index (χ3n) is 5.13. The molecule has 7 heteroatoms. The van der Waals surface area contributed by atoms with E-state index in [9.17, 15) is 4.39 Å². The quantitative estimate of drug-likeness (QED) is 0.668. The zero-order valence-corrected chi connectivity index (χ0v) is 17.0. The Morgan fingerprint density at radius 3 is 2.39 bits per heavy atom. The molecule has 0 amide bonds. The van der Waals surface area contributed by atoms with Crippen LogP contribution in [0.15, 0.2) is 48.8 Å². The maximum absolute atomic E-state index is 14.3. The topological polar surface area (TPSA) is 37.2 Å². The van der Waals surface area contributed by atoms with E-state index in [4.69, 9.17) is 0 Å².